The highest BCUT2D eigenvalue weighted by Gasteiger charge is 2.39. The van der Waals surface area contributed by atoms with Gasteiger partial charge in [-0.3, -0.25) is 4.90 Å². The Morgan fingerprint density at radius 2 is 2.21 bits per heavy atom. The third-order valence-corrected chi connectivity index (χ3v) is 3.96. The smallest absolute Gasteiger partial charge is 0.102 e. The summed E-state index contributed by atoms with van der Waals surface area (Å²) in [4.78, 5) is 2.18. The first-order chi connectivity index (χ1) is 9.15. The van der Waals surface area contributed by atoms with Crippen molar-refractivity contribution in [1.29, 1.82) is 5.26 Å². The normalized spacial score (nSPS) is 18.2. The Hall–Kier alpha value is -1.83. The van der Waals surface area contributed by atoms with E-state index in [0.717, 1.165) is 29.6 Å². The van der Waals surface area contributed by atoms with E-state index in [1.165, 1.54) is 0 Å². The molecule has 98 valence electrons. The summed E-state index contributed by atoms with van der Waals surface area (Å²) < 4.78 is 1.99. The number of nitriles is 1. The molecular formula is C15H17N3O. The first-order valence-corrected chi connectivity index (χ1v) is 6.58. The van der Waals surface area contributed by atoms with Gasteiger partial charge < -0.3 is 9.51 Å². The summed E-state index contributed by atoms with van der Waals surface area (Å²) in [6.45, 7) is 4.12. The summed E-state index contributed by atoms with van der Waals surface area (Å²) in [6.07, 6.45) is 4.75. The summed E-state index contributed by atoms with van der Waals surface area (Å²) in [5.41, 5.74) is 2.21. The van der Waals surface area contributed by atoms with E-state index in [1.807, 2.05) is 41.9 Å². The molecular weight excluding hydrogens is 238 g/mol. The zero-order valence-electron chi connectivity index (χ0n) is 11.0. The second-order valence-electron chi connectivity index (χ2n) is 5.36. The van der Waals surface area contributed by atoms with Crippen LogP contribution in [-0.2, 0) is 6.54 Å². The molecule has 1 aliphatic rings. The average Bonchev–Trinajstić information content (AvgIpc) is 2.73. The highest BCUT2D eigenvalue weighted by atomic mass is 16.3. The molecule has 2 aromatic rings. The van der Waals surface area contributed by atoms with Crippen LogP contribution in [0, 0.1) is 11.3 Å². The quantitative estimate of drug-likeness (QED) is 0.909. The fraction of sp³-hybridized carbons (Fsp3) is 0.400. The number of β-amino-alcohol motifs (C(OH)–C–C–N with tert-alkyl or cyclic N) is 1. The number of hydrogen-bond donors (Lipinski definition) is 1. The lowest BCUT2D eigenvalue weighted by molar-refractivity contribution is -0.103. The Labute approximate surface area is 112 Å². The molecule has 19 heavy (non-hydrogen) atoms. The Morgan fingerprint density at radius 1 is 1.42 bits per heavy atom. The maximum atomic E-state index is 10.0. The monoisotopic (exact) mass is 255 g/mol. The lowest BCUT2D eigenvalue weighted by Gasteiger charge is -2.46. The van der Waals surface area contributed by atoms with E-state index in [9.17, 15) is 10.4 Å². The fourth-order valence-corrected chi connectivity index (χ4v) is 2.79. The Bertz CT molecular complexity index is 647. The van der Waals surface area contributed by atoms with Gasteiger partial charge in [-0.2, -0.15) is 5.26 Å². The molecule has 0 unspecified atom stereocenters. The minimum Gasteiger partial charge on any atom is -0.387 e. The molecule has 1 aliphatic heterocycles. The Morgan fingerprint density at radius 3 is 2.89 bits per heavy atom. The molecule has 2 aromatic heterocycles. The topological polar surface area (TPSA) is 51.7 Å². The summed E-state index contributed by atoms with van der Waals surface area (Å²) >= 11 is 0. The largest absolute Gasteiger partial charge is 0.387 e. The van der Waals surface area contributed by atoms with Crippen molar-refractivity contribution in [3.8, 4) is 6.07 Å². The van der Waals surface area contributed by atoms with Gasteiger partial charge in [0.15, 0.2) is 0 Å². The minimum atomic E-state index is -0.522. The van der Waals surface area contributed by atoms with Crippen LogP contribution in [-0.4, -0.2) is 33.1 Å². The molecule has 1 saturated heterocycles. The predicted molar refractivity (Wildman–Crippen MR) is 72.6 cm³/mol. The van der Waals surface area contributed by atoms with Crippen LogP contribution in [0.3, 0.4) is 0 Å². The van der Waals surface area contributed by atoms with Gasteiger partial charge in [0.1, 0.15) is 6.07 Å². The van der Waals surface area contributed by atoms with Crippen molar-refractivity contribution in [3.05, 3.63) is 41.7 Å². The van der Waals surface area contributed by atoms with Gasteiger partial charge in [0, 0.05) is 37.6 Å². The van der Waals surface area contributed by atoms with Crippen molar-refractivity contribution in [1.82, 2.24) is 9.30 Å². The SMILES string of the molecule is CCC1(O)CN(Cc2cn3ccccc3c2C#N)C1. The molecule has 3 rings (SSSR count). The molecule has 0 atom stereocenters. The van der Waals surface area contributed by atoms with Crippen LogP contribution < -0.4 is 0 Å². The molecule has 4 heteroatoms. The number of pyridine rings is 1. The molecule has 1 fully saturated rings. The molecule has 0 radical (unpaired) electrons. The van der Waals surface area contributed by atoms with Crippen LogP contribution in [0.15, 0.2) is 30.6 Å². The minimum absolute atomic E-state index is 0.522. The summed E-state index contributed by atoms with van der Waals surface area (Å²) in [6, 6.07) is 8.16. The number of hydrogen-bond acceptors (Lipinski definition) is 3. The number of likely N-dealkylation sites (tertiary alicyclic amines) is 1. The molecule has 0 aromatic carbocycles. The van der Waals surface area contributed by atoms with E-state index in [0.29, 0.717) is 13.1 Å². The maximum Gasteiger partial charge on any atom is 0.102 e. The summed E-state index contributed by atoms with van der Waals surface area (Å²) in [5.74, 6) is 0. The van der Waals surface area contributed by atoms with E-state index in [-0.39, 0.29) is 0 Å². The van der Waals surface area contributed by atoms with Gasteiger partial charge in [0.25, 0.3) is 0 Å². The lowest BCUT2D eigenvalue weighted by Crippen LogP contribution is -2.60. The number of aromatic nitrogens is 1. The van der Waals surface area contributed by atoms with Crippen molar-refractivity contribution in [3.63, 3.8) is 0 Å². The van der Waals surface area contributed by atoms with Crippen molar-refractivity contribution in [2.24, 2.45) is 0 Å². The van der Waals surface area contributed by atoms with Gasteiger partial charge in [-0.1, -0.05) is 13.0 Å². The van der Waals surface area contributed by atoms with Gasteiger partial charge in [0.2, 0.25) is 0 Å². The number of fused-ring (bicyclic) bond motifs is 1. The van der Waals surface area contributed by atoms with E-state index < -0.39 is 5.60 Å². The molecule has 4 nitrogen and oxygen atoms in total. The van der Waals surface area contributed by atoms with Crippen molar-refractivity contribution in [2.45, 2.75) is 25.5 Å². The van der Waals surface area contributed by atoms with Gasteiger partial charge in [-0.15, -0.1) is 0 Å². The molecule has 0 aliphatic carbocycles. The third kappa shape index (κ3) is 2.01. The van der Waals surface area contributed by atoms with E-state index in [2.05, 4.69) is 11.0 Å². The van der Waals surface area contributed by atoms with Crippen molar-refractivity contribution < 1.29 is 5.11 Å². The first kappa shape index (κ1) is 12.2. The van der Waals surface area contributed by atoms with Crippen LogP contribution in [0.4, 0.5) is 0 Å². The molecule has 1 N–H and O–H groups in total. The average molecular weight is 255 g/mol. The third-order valence-electron chi connectivity index (χ3n) is 3.96. The summed E-state index contributed by atoms with van der Waals surface area (Å²) in [5, 5.41) is 19.3. The van der Waals surface area contributed by atoms with Gasteiger partial charge in [-0.25, -0.2) is 0 Å². The number of rotatable bonds is 3. The van der Waals surface area contributed by atoms with Crippen molar-refractivity contribution in [2.75, 3.05) is 13.1 Å². The second kappa shape index (κ2) is 4.37. The summed E-state index contributed by atoms with van der Waals surface area (Å²) in [7, 11) is 0. The Balaban J connectivity index is 1.85. The predicted octanol–water partition coefficient (Wildman–Crippen LogP) is 1.77. The standard InChI is InChI=1S/C15H17N3O/c1-2-15(19)10-17(11-15)8-12-9-18-6-4-3-5-14(18)13(12)7-16/h3-6,9,19H,2,8,10-11H2,1H3. The van der Waals surface area contributed by atoms with Gasteiger partial charge in [-0.05, 0) is 18.6 Å². The molecule has 0 spiro atoms. The highest BCUT2D eigenvalue weighted by Crippen LogP contribution is 2.27. The van der Waals surface area contributed by atoms with Gasteiger partial charge in [0.05, 0.1) is 16.7 Å². The van der Waals surface area contributed by atoms with Crippen LogP contribution in [0.2, 0.25) is 0 Å². The molecule has 0 saturated carbocycles. The second-order valence-corrected chi connectivity index (χ2v) is 5.36. The Kier molecular flexibility index (Phi) is 2.81. The lowest BCUT2D eigenvalue weighted by atomic mass is 9.91. The fourth-order valence-electron chi connectivity index (χ4n) is 2.79. The van der Waals surface area contributed by atoms with Crippen LogP contribution in [0.1, 0.15) is 24.5 Å². The van der Waals surface area contributed by atoms with Crippen LogP contribution >= 0.6 is 0 Å². The molecule has 3 heterocycles. The van der Waals surface area contributed by atoms with Crippen molar-refractivity contribution >= 4 is 5.52 Å². The van der Waals surface area contributed by atoms with Gasteiger partial charge >= 0.3 is 0 Å². The highest BCUT2D eigenvalue weighted by molar-refractivity contribution is 5.65. The molecule has 0 amide bonds. The van der Waals surface area contributed by atoms with E-state index in [4.69, 9.17) is 0 Å². The van der Waals surface area contributed by atoms with Crippen LogP contribution in [0.5, 0.6) is 0 Å². The zero-order valence-corrected chi connectivity index (χ0v) is 11.0. The number of aliphatic hydroxyl groups is 1. The molecule has 0 bridgehead atoms. The van der Waals surface area contributed by atoms with E-state index in [1.54, 1.807) is 0 Å². The van der Waals surface area contributed by atoms with Crippen LogP contribution in [0.25, 0.3) is 5.52 Å². The zero-order chi connectivity index (χ0) is 13.5. The first-order valence-electron chi connectivity index (χ1n) is 6.58. The number of nitrogens with zero attached hydrogens (tertiary/aromatic N) is 3. The van der Waals surface area contributed by atoms with E-state index >= 15 is 0 Å². The maximum absolute atomic E-state index is 10.0.